The van der Waals surface area contributed by atoms with Crippen LogP contribution in [-0.4, -0.2) is 16.3 Å². The van der Waals surface area contributed by atoms with Crippen molar-refractivity contribution in [3.8, 4) is 11.1 Å². The molecule has 2 rings (SSSR count). The van der Waals surface area contributed by atoms with Crippen LogP contribution in [-0.2, 0) is 6.54 Å². The fraction of sp³-hybridized carbons (Fsp3) is 0.308. The first-order valence-electron chi connectivity index (χ1n) is 5.62. The molecule has 1 heterocycles. The van der Waals surface area contributed by atoms with Crippen molar-refractivity contribution in [2.24, 2.45) is 5.73 Å². The fourth-order valence-electron chi connectivity index (χ4n) is 1.84. The van der Waals surface area contributed by atoms with Crippen LogP contribution in [0, 0.1) is 13.8 Å². The van der Waals surface area contributed by atoms with Crippen molar-refractivity contribution in [2.75, 3.05) is 6.54 Å². The molecule has 4 heteroatoms. The van der Waals surface area contributed by atoms with Crippen LogP contribution in [0.25, 0.3) is 11.1 Å². The van der Waals surface area contributed by atoms with Gasteiger partial charge in [0.1, 0.15) is 0 Å². The molecular formula is C13H16BrN3. The molecule has 0 bridgehead atoms. The van der Waals surface area contributed by atoms with Gasteiger partial charge in [0.05, 0.1) is 12.7 Å². The van der Waals surface area contributed by atoms with Crippen molar-refractivity contribution in [3.05, 3.63) is 40.1 Å². The molecule has 2 aromatic rings. The molecule has 0 amide bonds. The van der Waals surface area contributed by atoms with E-state index in [1.54, 1.807) is 0 Å². The number of aryl methyl sites for hydroxylation is 1. The quantitative estimate of drug-likeness (QED) is 0.946. The number of benzene rings is 1. The third kappa shape index (κ3) is 2.42. The van der Waals surface area contributed by atoms with E-state index in [9.17, 15) is 0 Å². The van der Waals surface area contributed by atoms with E-state index in [1.165, 1.54) is 16.7 Å². The van der Waals surface area contributed by atoms with Crippen molar-refractivity contribution in [2.45, 2.75) is 20.4 Å². The summed E-state index contributed by atoms with van der Waals surface area (Å²) in [7, 11) is 0. The molecule has 3 nitrogen and oxygen atoms in total. The predicted octanol–water partition coefficient (Wildman–Crippen LogP) is 2.89. The van der Waals surface area contributed by atoms with Gasteiger partial charge >= 0.3 is 0 Å². The average Bonchev–Trinajstić information content (AvgIpc) is 2.66. The van der Waals surface area contributed by atoms with Crippen molar-refractivity contribution < 1.29 is 0 Å². The van der Waals surface area contributed by atoms with Gasteiger partial charge in [0.2, 0.25) is 0 Å². The number of hydrogen-bond acceptors (Lipinski definition) is 2. The molecule has 0 saturated heterocycles. The second kappa shape index (κ2) is 5.02. The molecule has 0 fully saturated rings. The van der Waals surface area contributed by atoms with Crippen LogP contribution in [0.2, 0.25) is 0 Å². The molecular weight excluding hydrogens is 278 g/mol. The Kier molecular flexibility index (Phi) is 3.64. The summed E-state index contributed by atoms with van der Waals surface area (Å²) in [6.45, 7) is 5.53. The van der Waals surface area contributed by atoms with Gasteiger partial charge in [-0.1, -0.05) is 28.1 Å². The van der Waals surface area contributed by atoms with Gasteiger partial charge in [0.15, 0.2) is 0 Å². The van der Waals surface area contributed by atoms with E-state index in [1.807, 2.05) is 10.9 Å². The van der Waals surface area contributed by atoms with Crippen molar-refractivity contribution in [1.82, 2.24) is 9.78 Å². The van der Waals surface area contributed by atoms with E-state index in [0.29, 0.717) is 6.54 Å². The van der Waals surface area contributed by atoms with Gasteiger partial charge in [-0.25, -0.2) is 0 Å². The van der Waals surface area contributed by atoms with Crippen LogP contribution in [0.5, 0.6) is 0 Å². The number of aromatic nitrogens is 2. The fourth-order valence-corrected chi connectivity index (χ4v) is 2.22. The number of nitrogens with two attached hydrogens (primary N) is 1. The first-order chi connectivity index (χ1) is 8.13. The molecule has 1 aromatic heterocycles. The maximum atomic E-state index is 5.55. The topological polar surface area (TPSA) is 43.8 Å². The number of hydrogen-bond donors (Lipinski definition) is 1. The van der Waals surface area contributed by atoms with Gasteiger partial charge in [0, 0.05) is 22.3 Å². The summed E-state index contributed by atoms with van der Waals surface area (Å²) in [5.41, 5.74) is 10.3. The Morgan fingerprint density at radius 3 is 2.76 bits per heavy atom. The van der Waals surface area contributed by atoms with Crippen LogP contribution >= 0.6 is 15.9 Å². The lowest BCUT2D eigenvalue weighted by atomic mass is 10.1. The second-order valence-corrected chi connectivity index (χ2v) is 4.97. The highest BCUT2D eigenvalue weighted by Gasteiger charge is 2.08. The lowest BCUT2D eigenvalue weighted by Crippen LogP contribution is -2.12. The zero-order valence-electron chi connectivity index (χ0n) is 10.1. The minimum absolute atomic E-state index is 0.611. The molecule has 17 heavy (non-hydrogen) atoms. The van der Waals surface area contributed by atoms with E-state index in [-0.39, 0.29) is 0 Å². The minimum Gasteiger partial charge on any atom is -0.329 e. The summed E-state index contributed by atoms with van der Waals surface area (Å²) < 4.78 is 3.07. The molecule has 2 N–H and O–H groups in total. The monoisotopic (exact) mass is 293 g/mol. The summed E-state index contributed by atoms with van der Waals surface area (Å²) in [4.78, 5) is 0. The van der Waals surface area contributed by atoms with Gasteiger partial charge in [0.25, 0.3) is 0 Å². The largest absolute Gasteiger partial charge is 0.329 e. The zero-order chi connectivity index (χ0) is 12.4. The molecule has 0 spiro atoms. The Morgan fingerprint density at radius 2 is 2.12 bits per heavy atom. The lowest BCUT2D eigenvalue weighted by molar-refractivity contribution is 0.608. The number of halogens is 1. The standard InChI is InChI=1S/C13H16BrN3/c1-9-3-4-11(7-13(9)14)12-8-16-17(6-5-15)10(12)2/h3-4,7-8H,5-6,15H2,1-2H3. The molecule has 0 aliphatic rings. The first kappa shape index (κ1) is 12.3. The number of nitrogens with zero attached hydrogens (tertiary/aromatic N) is 2. The summed E-state index contributed by atoms with van der Waals surface area (Å²) in [5.74, 6) is 0. The maximum Gasteiger partial charge on any atom is 0.0571 e. The Bertz CT molecular complexity index is 531. The van der Waals surface area contributed by atoms with E-state index < -0.39 is 0 Å². The highest BCUT2D eigenvalue weighted by atomic mass is 79.9. The van der Waals surface area contributed by atoms with E-state index in [0.717, 1.165) is 16.7 Å². The van der Waals surface area contributed by atoms with Gasteiger partial charge in [-0.05, 0) is 31.0 Å². The zero-order valence-corrected chi connectivity index (χ0v) is 11.7. The summed E-state index contributed by atoms with van der Waals surface area (Å²) >= 11 is 3.56. The summed E-state index contributed by atoms with van der Waals surface area (Å²) in [6.07, 6.45) is 1.90. The van der Waals surface area contributed by atoms with Crippen LogP contribution in [0.15, 0.2) is 28.9 Å². The Hall–Kier alpha value is -1.13. The van der Waals surface area contributed by atoms with Gasteiger partial charge < -0.3 is 5.73 Å². The molecule has 0 radical (unpaired) electrons. The minimum atomic E-state index is 0.611. The maximum absolute atomic E-state index is 5.55. The SMILES string of the molecule is Cc1ccc(-c2cnn(CCN)c2C)cc1Br. The highest BCUT2D eigenvalue weighted by Crippen LogP contribution is 2.27. The normalized spacial score (nSPS) is 10.8. The molecule has 1 aromatic carbocycles. The first-order valence-corrected chi connectivity index (χ1v) is 6.41. The van der Waals surface area contributed by atoms with E-state index in [4.69, 9.17) is 5.73 Å². The van der Waals surface area contributed by atoms with Gasteiger partial charge in [-0.15, -0.1) is 0 Å². The predicted molar refractivity (Wildman–Crippen MR) is 73.9 cm³/mol. The third-order valence-corrected chi connectivity index (χ3v) is 3.78. The molecule has 90 valence electrons. The average molecular weight is 294 g/mol. The summed E-state index contributed by atoms with van der Waals surface area (Å²) in [6, 6.07) is 6.36. The van der Waals surface area contributed by atoms with Crippen LogP contribution < -0.4 is 5.73 Å². The third-order valence-electron chi connectivity index (χ3n) is 2.93. The Morgan fingerprint density at radius 1 is 1.35 bits per heavy atom. The highest BCUT2D eigenvalue weighted by molar-refractivity contribution is 9.10. The molecule has 0 unspecified atom stereocenters. The molecule has 0 saturated carbocycles. The molecule has 0 aliphatic heterocycles. The van der Waals surface area contributed by atoms with E-state index in [2.05, 4.69) is 53.1 Å². The van der Waals surface area contributed by atoms with E-state index >= 15 is 0 Å². The van der Waals surface area contributed by atoms with Crippen molar-refractivity contribution in [3.63, 3.8) is 0 Å². The van der Waals surface area contributed by atoms with Crippen molar-refractivity contribution in [1.29, 1.82) is 0 Å². The second-order valence-electron chi connectivity index (χ2n) is 4.12. The summed E-state index contributed by atoms with van der Waals surface area (Å²) in [5, 5.41) is 4.36. The van der Waals surface area contributed by atoms with Crippen LogP contribution in [0.3, 0.4) is 0 Å². The van der Waals surface area contributed by atoms with Crippen LogP contribution in [0.1, 0.15) is 11.3 Å². The Labute approximate surface area is 110 Å². The van der Waals surface area contributed by atoms with Gasteiger partial charge in [-0.3, -0.25) is 4.68 Å². The number of rotatable bonds is 3. The Balaban J connectivity index is 2.42. The van der Waals surface area contributed by atoms with Crippen LogP contribution in [0.4, 0.5) is 0 Å². The molecule has 0 atom stereocenters. The lowest BCUT2D eigenvalue weighted by Gasteiger charge is -2.05. The smallest absolute Gasteiger partial charge is 0.0571 e. The molecule has 0 aliphatic carbocycles. The van der Waals surface area contributed by atoms with Gasteiger partial charge in [-0.2, -0.15) is 5.10 Å². The van der Waals surface area contributed by atoms with Crippen molar-refractivity contribution >= 4 is 15.9 Å².